The molecule has 2 fully saturated rings. The summed E-state index contributed by atoms with van der Waals surface area (Å²) in [7, 11) is 2.06. The van der Waals surface area contributed by atoms with Crippen molar-refractivity contribution in [3.63, 3.8) is 0 Å². The van der Waals surface area contributed by atoms with Crippen LogP contribution in [0.2, 0.25) is 0 Å². The fourth-order valence-electron chi connectivity index (χ4n) is 2.97. The second-order valence-electron chi connectivity index (χ2n) is 6.89. The summed E-state index contributed by atoms with van der Waals surface area (Å²) in [6.07, 6.45) is 3.83. The Morgan fingerprint density at radius 1 is 1.21 bits per heavy atom. The van der Waals surface area contributed by atoms with Gasteiger partial charge in [-0.05, 0) is 31.2 Å². The van der Waals surface area contributed by atoms with Gasteiger partial charge in [-0.2, -0.15) is 0 Å². The number of rotatable bonds is 5. The molecule has 3 rings (SSSR count). The lowest BCUT2D eigenvalue weighted by Crippen LogP contribution is -2.54. The number of carbonyl (C=O) groups is 2. The van der Waals surface area contributed by atoms with Gasteiger partial charge in [0.05, 0.1) is 4.91 Å². The Bertz CT molecular complexity index is 815. The standard InChI is InChI=1S/C20H24N4O2S2/c1-15(12-16-6-4-3-5-7-16)13-17-19(26)24(20(27)28-17)14-18(25)21-23-10-8-22(2)9-11-23/h3-7,12-13H,8-11,14H2,1-2H3,(H,21,25). The summed E-state index contributed by atoms with van der Waals surface area (Å²) in [5.41, 5.74) is 4.89. The smallest absolute Gasteiger partial charge is 0.266 e. The second kappa shape index (κ2) is 9.47. The molecule has 0 spiro atoms. The lowest BCUT2D eigenvalue weighted by Gasteiger charge is -2.32. The van der Waals surface area contributed by atoms with Gasteiger partial charge in [0.25, 0.3) is 11.8 Å². The molecule has 6 nitrogen and oxygen atoms in total. The number of thioether (sulfide) groups is 1. The molecule has 2 aliphatic heterocycles. The van der Waals surface area contributed by atoms with Crippen LogP contribution in [0.15, 0.2) is 46.9 Å². The van der Waals surface area contributed by atoms with E-state index in [9.17, 15) is 9.59 Å². The average molecular weight is 417 g/mol. The number of nitrogens with zero attached hydrogens (tertiary/aromatic N) is 3. The Morgan fingerprint density at radius 2 is 1.89 bits per heavy atom. The number of hydrazine groups is 1. The van der Waals surface area contributed by atoms with Crippen LogP contribution < -0.4 is 5.43 Å². The van der Waals surface area contributed by atoms with Crippen LogP contribution in [-0.4, -0.2) is 70.7 Å². The van der Waals surface area contributed by atoms with E-state index in [1.54, 1.807) is 0 Å². The molecule has 0 bridgehead atoms. The van der Waals surface area contributed by atoms with Gasteiger partial charge in [0.15, 0.2) is 0 Å². The quantitative estimate of drug-likeness (QED) is 0.586. The number of carbonyl (C=O) groups excluding carboxylic acids is 2. The van der Waals surface area contributed by atoms with Crippen LogP contribution in [0.1, 0.15) is 12.5 Å². The minimum atomic E-state index is -0.223. The lowest BCUT2D eigenvalue weighted by atomic mass is 10.1. The van der Waals surface area contributed by atoms with Crippen LogP contribution >= 0.6 is 24.0 Å². The predicted molar refractivity (Wildman–Crippen MR) is 117 cm³/mol. The molecular formula is C20H24N4O2S2. The van der Waals surface area contributed by atoms with E-state index >= 15 is 0 Å². The molecular weight excluding hydrogens is 392 g/mol. The highest BCUT2D eigenvalue weighted by molar-refractivity contribution is 8.26. The first kappa shape index (κ1) is 20.7. The highest BCUT2D eigenvalue weighted by Crippen LogP contribution is 2.31. The summed E-state index contributed by atoms with van der Waals surface area (Å²) in [5.74, 6) is -0.442. The fourth-order valence-corrected chi connectivity index (χ4v) is 4.28. The van der Waals surface area contributed by atoms with Gasteiger partial charge in [-0.1, -0.05) is 60.4 Å². The average Bonchev–Trinajstić information content (AvgIpc) is 2.91. The normalized spacial score (nSPS) is 20.9. The zero-order chi connectivity index (χ0) is 20.1. The highest BCUT2D eigenvalue weighted by Gasteiger charge is 2.33. The van der Waals surface area contributed by atoms with E-state index in [1.165, 1.54) is 16.7 Å². The number of likely N-dealkylation sites (N-methyl/N-ethyl adjacent to an activating group) is 1. The molecule has 2 heterocycles. The number of hydrogen-bond donors (Lipinski definition) is 1. The van der Waals surface area contributed by atoms with Crippen LogP contribution in [0, 0.1) is 0 Å². The van der Waals surface area contributed by atoms with E-state index in [1.807, 2.05) is 54.4 Å². The van der Waals surface area contributed by atoms with Crippen LogP contribution in [-0.2, 0) is 9.59 Å². The van der Waals surface area contributed by atoms with Crippen molar-refractivity contribution in [2.45, 2.75) is 6.92 Å². The second-order valence-corrected chi connectivity index (χ2v) is 8.57. The van der Waals surface area contributed by atoms with Crippen molar-refractivity contribution in [3.8, 4) is 0 Å². The van der Waals surface area contributed by atoms with Crippen molar-refractivity contribution in [1.82, 2.24) is 20.2 Å². The third-order valence-corrected chi connectivity index (χ3v) is 5.89. The number of piperazine rings is 1. The Morgan fingerprint density at radius 3 is 2.57 bits per heavy atom. The summed E-state index contributed by atoms with van der Waals surface area (Å²) in [6.45, 7) is 5.22. The molecule has 0 aliphatic carbocycles. The van der Waals surface area contributed by atoms with Crippen molar-refractivity contribution in [2.75, 3.05) is 39.8 Å². The molecule has 0 atom stereocenters. The number of amides is 2. The van der Waals surface area contributed by atoms with Gasteiger partial charge in [0, 0.05) is 26.2 Å². The van der Waals surface area contributed by atoms with E-state index in [0.717, 1.165) is 37.3 Å². The van der Waals surface area contributed by atoms with E-state index in [-0.39, 0.29) is 18.4 Å². The molecule has 148 valence electrons. The molecule has 8 heteroatoms. The summed E-state index contributed by atoms with van der Waals surface area (Å²) in [4.78, 5) is 29.2. The van der Waals surface area contributed by atoms with Gasteiger partial charge >= 0.3 is 0 Å². The summed E-state index contributed by atoms with van der Waals surface area (Å²) in [6, 6.07) is 9.91. The van der Waals surface area contributed by atoms with Gasteiger partial charge < -0.3 is 4.90 Å². The van der Waals surface area contributed by atoms with Crippen LogP contribution in [0.3, 0.4) is 0 Å². The summed E-state index contributed by atoms with van der Waals surface area (Å²) in [5, 5.41) is 1.89. The van der Waals surface area contributed by atoms with E-state index in [2.05, 4.69) is 17.4 Å². The largest absolute Gasteiger partial charge is 0.304 e. The SMILES string of the molecule is CC(=Cc1ccccc1)C=C1SC(=S)N(CC(=O)NN2CCN(C)CC2)C1=O. The number of allylic oxidation sites excluding steroid dienone is 2. The van der Waals surface area contributed by atoms with Crippen molar-refractivity contribution in [2.24, 2.45) is 0 Å². The zero-order valence-electron chi connectivity index (χ0n) is 16.1. The Balaban J connectivity index is 1.60. The number of nitrogens with one attached hydrogen (secondary N) is 1. The monoisotopic (exact) mass is 416 g/mol. The van der Waals surface area contributed by atoms with E-state index in [4.69, 9.17) is 12.2 Å². The summed E-state index contributed by atoms with van der Waals surface area (Å²) < 4.78 is 0.414. The molecule has 2 saturated heterocycles. The lowest BCUT2D eigenvalue weighted by molar-refractivity contribution is -0.132. The Labute approximate surface area is 175 Å². The highest BCUT2D eigenvalue weighted by atomic mass is 32.2. The van der Waals surface area contributed by atoms with Gasteiger partial charge in [-0.15, -0.1) is 0 Å². The minimum Gasteiger partial charge on any atom is -0.304 e. The molecule has 28 heavy (non-hydrogen) atoms. The maximum Gasteiger partial charge on any atom is 0.266 e. The minimum absolute atomic E-state index is 0.0597. The van der Waals surface area contributed by atoms with Gasteiger partial charge in [-0.25, -0.2) is 5.01 Å². The van der Waals surface area contributed by atoms with E-state index in [0.29, 0.717) is 9.23 Å². The third-order valence-electron chi connectivity index (χ3n) is 4.51. The Kier molecular flexibility index (Phi) is 7.01. The maximum atomic E-state index is 12.7. The molecule has 0 saturated carbocycles. The van der Waals surface area contributed by atoms with Gasteiger partial charge in [0.2, 0.25) is 0 Å². The topological polar surface area (TPSA) is 55.9 Å². The predicted octanol–water partition coefficient (Wildman–Crippen LogP) is 2.11. The number of benzene rings is 1. The van der Waals surface area contributed by atoms with Gasteiger partial charge in [-0.3, -0.25) is 19.9 Å². The van der Waals surface area contributed by atoms with Crippen molar-refractivity contribution in [1.29, 1.82) is 0 Å². The van der Waals surface area contributed by atoms with Gasteiger partial charge in [0.1, 0.15) is 10.9 Å². The van der Waals surface area contributed by atoms with Crippen LogP contribution in [0.25, 0.3) is 6.08 Å². The molecule has 1 aromatic rings. The molecule has 1 N–H and O–H groups in total. The van der Waals surface area contributed by atoms with Crippen LogP contribution in [0.5, 0.6) is 0 Å². The zero-order valence-corrected chi connectivity index (χ0v) is 17.7. The first-order valence-electron chi connectivity index (χ1n) is 9.14. The molecule has 2 aliphatic rings. The first-order chi connectivity index (χ1) is 13.4. The maximum absolute atomic E-state index is 12.7. The van der Waals surface area contributed by atoms with Crippen molar-refractivity contribution < 1.29 is 9.59 Å². The van der Waals surface area contributed by atoms with Crippen molar-refractivity contribution in [3.05, 3.63) is 52.4 Å². The first-order valence-corrected chi connectivity index (χ1v) is 10.4. The number of hydrogen-bond acceptors (Lipinski definition) is 6. The summed E-state index contributed by atoms with van der Waals surface area (Å²) >= 11 is 6.56. The number of thiocarbonyl (C=S) groups is 1. The molecule has 2 amide bonds. The molecule has 0 radical (unpaired) electrons. The van der Waals surface area contributed by atoms with Crippen molar-refractivity contribution >= 4 is 46.2 Å². The molecule has 1 aromatic carbocycles. The van der Waals surface area contributed by atoms with Crippen LogP contribution in [0.4, 0.5) is 0 Å². The Hall–Kier alpha value is -2.00. The fraction of sp³-hybridized carbons (Fsp3) is 0.350. The molecule has 0 unspecified atom stereocenters. The van der Waals surface area contributed by atoms with E-state index < -0.39 is 0 Å². The molecule has 0 aromatic heterocycles. The third kappa shape index (κ3) is 5.51.